The van der Waals surface area contributed by atoms with E-state index in [1.807, 2.05) is 5.32 Å². The van der Waals surface area contributed by atoms with Gasteiger partial charge < -0.3 is 26.0 Å². The van der Waals surface area contributed by atoms with E-state index in [0.717, 1.165) is 6.92 Å². The van der Waals surface area contributed by atoms with Crippen molar-refractivity contribution in [1.29, 1.82) is 0 Å². The molecule has 0 unspecified atom stereocenters. The summed E-state index contributed by atoms with van der Waals surface area (Å²) in [6.07, 6.45) is -1.58. The van der Waals surface area contributed by atoms with Crippen LogP contribution in [-0.2, 0) is 24.0 Å². The number of carboxylic acid groups (broad SMARTS) is 3. The maximum Gasteiger partial charge on any atom is 0.326 e. The van der Waals surface area contributed by atoms with Crippen molar-refractivity contribution in [3.8, 4) is 0 Å². The summed E-state index contributed by atoms with van der Waals surface area (Å²) < 4.78 is 0. The van der Waals surface area contributed by atoms with E-state index in [4.69, 9.17) is 15.3 Å². The van der Waals surface area contributed by atoms with Gasteiger partial charge in [-0.05, 0) is 6.42 Å². The number of hydrogen-bond donors (Lipinski definition) is 5. The van der Waals surface area contributed by atoms with Crippen LogP contribution in [0.4, 0.5) is 0 Å². The van der Waals surface area contributed by atoms with Crippen molar-refractivity contribution >= 4 is 29.7 Å². The van der Waals surface area contributed by atoms with Crippen molar-refractivity contribution in [1.82, 2.24) is 10.6 Å². The molecule has 2 atom stereocenters. The second-order valence-corrected chi connectivity index (χ2v) is 4.18. The van der Waals surface area contributed by atoms with Crippen LogP contribution in [0.25, 0.3) is 0 Å². The molecule has 0 aromatic heterocycles. The van der Waals surface area contributed by atoms with E-state index < -0.39 is 54.6 Å². The molecule has 0 saturated carbocycles. The highest BCUT2D eigenvalue weighted by Gasteiger charge is 2.27. The van der Waals surface area contributed by atoms with E-state index in [-0.39, 0.29) is 6.42 Å². The molecule has 0 bridgehead atoms. The molecule has 2 amide bonds. The Morgan fingerprint density at radius 1 is 0.905 bits per heavy atom. The molecule has 5 N–H and O–H groups in total. The molecule has 10 nitrogen and oxygen atoms in total. The Bertz CT molecular complexity index is 432. The lowest BCUT2D eigenvalue weighted by molar-refractivity contribution is -0.144. The first-order valence-electron chi connectivity index (χ1n) is 5.87. The Kier molecular flexibility index (Phi) is 7.43. The van der Waals surface area contributed by atoms with Crippen LogP contribution in [0.2, 0.25) is 0 Å². The summed E-state index contributed by atoms with van der Waals surface area (Å²) in [6, 6.07) is -2.93. The molecule has 0 heterocycles. The first-order chi connectivity index (χ1) is 9.63. The van der Waals surface area contributed by atoms with Gasteiger partial charge in [0.25, 0.3) is 0 Å². The monoisotopic (exact) mass is 306 g/mol. The highest BCUT2D eigenvalue weighted by atomic mass is 16.4. The van der Waals surface area contributed by atoms with Crippen LogP contribution < -0.4 is 10.6 Å². The van der Waals surface area contributed by atoms with E-state index in [1.54, 1.807) is 0 Å². The van der Waals surface area contributed by atoms with Gasteiger partial charge in [0.15, 0.2) is 0 Å². The number of nitrogens with one attached hydrogen (secondary N) is 2. The first-order valence-corrected chi connectivity index (χ1v) is 5.87. The fourth-order valence-electron chi connectivity index (χ4n) is 1.43. The number of carbonyl (C=O) groups excluding carboxylic acids is 2. The Morgan fingerprint density at radius 2 is 1.48 bits per heavy atom. The van der Waals surface area contributed by atoms with Gasteiger partial charge in [-0.15, -0.1) is 0 Å². The normalized spacial score (nSPS) is 12.8. The van der Waals surface area contributed by atoms with E-state index in [1.165, 1.54) is 0 Å². The number of aliphatic carboxylic acids is 3. The predicted octanol–water partition coefficient (Wildman–Crippen LogP) is -1.60. The zero-order chi connectivity index (χ0) is 16.6. The van der Waals surface area contributed by atoms with Gasteiger partial charge in [-0.25, -0.2) is 4.79 Å². The Morgan fingerprint density at radius 3 is 1.86 bits per heavy atom. The third kappa shape index (κ3) is 8.18. The summed E-state index contributed by atoms with van der Waals surface area (Å²) in [5.41, 5.74) is 0. The fourth-order valence-corrected chi connectivity index (χ4v) is 1.43. The van der Waals surface area contributed by atoms with Crippen molar-refractivity contribution in [3.63, 3.8) is 0 Å². The Hall–Kier alpha value is -2.65. The minimum Gasteiger partial charge on any atom is -0.481 e. The van der Waals surface area contributed by atoms with E-state index in [9.17, 15) is 24.0 Å². The zero-order valence-corrected chi connectivity index (χ0v) is 11.2. The van der Waals surface area contributed by atoms with Crippen LogP contribution in [0.15, 0.2) is 0 Å². The van der Waals surface area contributed by atoms with Crippen molar-refractivity contribution < 1.29 is 39.3 Å². The fraction of sp³-hybridized carbons (Fsp3) is 0.545. The second-order valence-electron chi connectivity index (χ2n) is 4.18. The van der Waals surface area contributed by atoms with Crippen molar-refractivity contribution in [3.05, 3.63) is 0 Å². The van der Waals surface area contributed by atoms with Gasteiger partial charge in [-0.2, -0.15) is 0 Å². The van der Waals surface area contributed by atoms with Crippen LogP contribution in [-0.4, -0.2) is 57.1 Å². The molecular formula is C11H16N2O8. The van der Waals surface area contributed by atoms with Crippen LogP contribution in [0, 0.1) is 0 Å². The molecular weight excluding hydrogens is 290 g/mol. The molecule has 0 rings (SSSR count). The van der Waals surface area contributed by atoms with Gasteiger partial charge in [0, 0.05) is 13.3 Å². The molecule has 118 valence electrons. The highest BCUT2D eigenvalue weighted by Crippen LogP contribution is 2.01. The molecule has 0 saturated heterocycles. The maximum atomic E-state index is 11.8. The lowest BCUT2D eigenvalue weighted by Gasteiger charge is -2.19. The van der Waals surface area contributed by atoms with E-state index >= 15 is 0 Å². The van der Waals surface area contributed by atoms with E-state index in [2.05, 4.69) is 5.32 Å². The lowest BCUT2D eigenvalue weighted by Crippen LogP contribution is -2.52. The second kappa shape index (κ2) is 8.51. The molecule has 0 aliphatic carbocycles. The van der Waals surface area contributed by atoms with Gasteiger partial charge in [-0.3, -0.25) is 19.2 Å². The van der Waals surface area contributed by atoms with Crippen molar-refractivity contribution in [2.45, 2.75) is 38.3 Å². The minimum absolute atomic E-state index is 0.365. The molecule has 0 spiro atoms. The van der Waals surface area contributed by atoms with Gasteiger partial charge in [-0.1, -0.05) is 0 Å². The summed E-state index contributed by atoms with van der Waals surface area (Å²) >= 11 is 0. The number of rotatable bonds is 9. The Labute approximate surface area is 119 Å². The lowest BCUT2D eigenvalue weighted by atomic mass is 10.1. The standard InChI is InChI=1S/C11H16N2O8/c1-5(14)12-7(4-9(17)18)10(19)13-6(11(20)21)2-3-8(15)16/h6-7H,2-4H2,1H3,(H,12,14)(H,13,19)(H,15,16)(H,17,18)(H,20,21)/t6-,7-/m0/s1/i12+1,13+1. The van der Waals surface area contributed by atoms with Crippen LogP contribution in [0.3, 0.4) is 0 Å². The van der Waals surface area contributed by atoms with Crippen LogP contribution in [0.5, 0.6) is 0 Å². The molecule has 0 aliphatic rings. The zero-order valence-electron chi connectivity index (χ0n) is 11.2. The summed E-state index contributed by atoms with van der Waals surface area (Å²) in [6.45, 7) is 1.07. The minimum atomic E-state index is -1.49. The van der Waals surface area contributed by atoms with Gasteiger partial charge >= 0.3 is 17.9 Å². The smallest absolute Gasteiger partial charge is 0.326 e. The SMILES string of the molecule is CC(=O)[15NH][C@@H](CC(=O)O)C(=O)[15NH][C@@H](CCC(=O)O)C(=O)O. The number of carboxylic acids is 3. The molecule has 0 aliphatic heterocycles. The van der Waals surface area contributed by atoms with Gasteiger partial charge in [0.1, 0.15) is 12.1 Å². The molecule has 0 aromatic carbocycles. The number of carbonyl (C=O) groups is 5. The van der Waals surface area contributed by atoms with Crippen LogP contribution in [0.1, 0.15) is 26.2 Å². The maximum absolute atomic E-state index is 11.8. The average Bonchev–Trinajstić information content (AvgIpc) is 2.31. The quantitative estimate of drug-likeness (QED) is 0.317. The van der Waals surface area contributed by atoms with Crippen molar-refractivity contribution in [2.75, 3.05) is 0 Å². The average molecular weight is 306 g/mol. The first kappa shape index (κ1) is 18.4. The summed E-state index contributed by atoms with van der Waals surface area (Å²) in [4.78, 5) is 54.6. The van der Waals surface area contributed by atoms with Crippen molar-refractivity contribution in [2.24, 2.45) is 0 Å². The Balaban J connectivity index is 4.80. The van der Waals surface area contributed by atoms with Gasteiger partial charge in [0.2, 0.25) is 11.8 Å². The number of amides is 2. The molecule has 21 heavy (non-hydrogen) atoms. The highest BCUT2D eigenvalue weighted by molar-refractivity contribution is 5.92. The molecule has 10 heteroatoms. The van der Waals surface area contributed by atoms with Crippen LogP contribution >= 0.6 is 0 Å². The van der Waals surface area contributed by atoms with Gasteiger partial charge in [0.05, 0.1) is 6.42 Å². The number of hydrogen-bond acceptors (Lipinski definition) is 5. The molecule has 0 radical (unpaired) electrons. The topological polar surface area (TPSA) is 170 Å². The molecule has 0 aromatic rings. The molecule has 0 fully saturated rings. The summed E-state index contributed by atoms with van der Waals surface area (Å²) in [5, 5.41) is 30.1. The predicted molar refractivity (Wildman–Crippen MR) is 66.3 cm³/mol. The third-order valence-electron chi connectivity index (χ3n) is 2.33. The van der Waals surface area contributed by atoms with E-state index in [0.29, 0.717) is 0 Å². The summed E-state index contributed by atoms with van der Waals surface area (Å²) in [7, 11) is 0. The third-order valence-corrected chi connectivity index (χ3v) is 2.33. The summed E-state index contributed by atoms with van der Waals surface area (Å²) in [5.74, 6) is -5.72. The largest absolute Gasteiger partial charge is 0.481 e.